The Hall–Kier alpha value is -3.67. The predicted octanol–water partition coefficient (Wildman–Crippen LogP) is 5.24. The normalized spacial score (nSPS) is 18.2. The van der Waals surface area contributed by atoms with E-state index in [1.807, 2.05) is 54.6 Å². The molecule has 0 unspecified atom stereocenters. The lowest BCUT2D eigenvalue weighted by molar-refractivity contribution is -0.119. The fourth-order valence-electron chi connectivity index (χ4n) is 4.05. The van der Waals surface area contributed by atoms with Crippen LogP contribution in [0.3, 0.4) is 0 Å². The van der Waals surface area contributed by atoms with Gasteiger partial charge in [-0.05, 0) is 55.2 Å². The van der Waals surface area contributed by atoms with Crippen LogP contribution in [-0.4, -0.2) is 21.8 Å². The van der Waals surface area contributed by atoms with E-state index < -0.39 is 0 Å². The molecule has 4 rings (SSSR count). The molecule has 0 bridgehead atoms. The zero-order valence-corrected chi connectivity index (χ0v) is 17.3. The fraction of sp³-hybridized carbons (Fsp3) is 0.240. The number of nitrogen functional groups attached to an aromatic ring is 1. The van der Waals surface area contributed by atoms with E-state index in [2.05, 4.69) is 21.9 Å². The van der Waals surface area contributed by atoms with E-state index in [0.717, 1.165) is 48.3 Å². The largest absolute Gasteiger partial charge is 0.457 e. The van der Waals surface area contributed by atoms with Gasteiger partial charge in [0.1, 0.15) is 29.5 Å². The molecule has 2 atom stereocenters. The third-order valence-electron chi connectivity index (χ3n) is 5.62. The highest BCUT2D eigenvalue weighted by molar-refractivity contribution is 5.91. The van der Waals surface area contributed by atoms with Gasteiger partial charge < -0.3 is 15.8 Å². The molecule has 1 aliphatic carbocycles. The molecule has 31 heavy (non-hydrogen) atoms. The maximum absolute atomic E-state index is 12.1. The molecule has 0 aliphatic heterocycles. The fourth-order valence-corrected chi connectivity index (χ4v) is 4.05. The molecule has 1 aromatic heterocycles. The van der Waals surface area contributed by atoms with E-state index in [4.69, 9.17) is 10.5 Å². The molecule has 0 amide bonds. The van der Waals surface area contributed by atoms with Crippen molar-refractivity contribution < 1.29 is 9.53 Å². The summed E-state index contributed by atoms with van der Waals surface area (Å²) in [4.78, 5) is 20.7. The van der Waals surface area contributed by atoms with Crippen LogP contribution in [0, 0.1) is 5.92 Å². The van der Waals surface area contributed by atoms with E-state index in [0.29, 0.717) is 11.6 Å². The molecule has 1 saturated carbocycles. The van der Waals surface area contributed by atoms with Crippen LogP contribution in [0.2, 0.25) is 0 Å². The lowest BCUT2D eigenvalue weighted by atomic mass is 9.83. The molecule has 1 heterocycles. The van der Waals surface area contributed by atoms with Gasteiger partial charge >= 0.3 is 0 Å². The lowest BCUT2D eigenvalue weighted by Crippen LogP contribution is -2.31. The molecule has 3 N–H and O–H groups in total. The van der Waals surface area contributed by atoms with Crippen molar-refractivity contribution in [3.63, 3.8) is 0 Å². The van der Waals surface area contributed by atoms with Crippen LogP contribution >= 0.6 is 0 Å². The SMILES string of the molecule is C=CC(=O)[C@H]1CCC[C@H](Nc2ncnc(N)c2-c2ccc(Oc3ccccc3)cc2)C1. The van der Waals surface area contributed by atoms with Gasteiger partial charge in [0.2, 0.25) is 0 Å². The molecule has 6 heteroatoms. The summed E-state index contributed by atoms with van der Waals surface area (Å²) in [5.41, 5.74) is 7.88. The monoisotopic (exact) mass is 414 g/mol. The van der Waals surface area contributed by atoms with Gasteiger partial charge in [-0.15, -0.1) is 0 Å². The van der Waals surface area contributed by atoms with Crippen LogP contribution in [-0.2, 0) is 4.79 Å². The highest BCUT2D eigenvalue weighted by Gasteiger charge is 2.26. The number of ether oxygens (including phenoxy) is 1. The molecule has 158 valence electrons. The third kappa shape index (κ3) is 4.91. The molecule has 3 aromatic rings. The summed E-state index contributed by atoms with van der Waals surface area (Å²) in [5, 5.41) is 3.50. The Labute approximate surface area is 182 Å². The number of aromatic nitrogens is 2. The second-order valence-corrected chi connectivity index (χ2v) is 7.73. The van der Waals surface area contributed by atoms with Crippen LogP contribution in [0.1, 0.15) is 25.7 Å². The van der Waals surface area contributed by atoms with Crippen molar-refractivity contribution in [3.8, 4) is 22.6 Å². The van der Waals surface area contributed by atoms with Gasteiger partial charge in [0, 0.05) is 12.0 Å². The minimum atomic E-state index is 0.0146. The van der Waals surface area contributed by atoms with Crippen molar-refractivity contribution in [2.24, 2.45) is 5.92 Å². The van der Waals surface area contributed by atoms with Gasteiger partial charge in [-0.2, -0.15) is 0 Å². The summed E-state index contributed by atoms with van der Waals surface area (Å²) in [5.74, 6) is 2.73. The zero-order chi connectivity index (χ0) is 21.6. The van der Waals surface area contributed by atoms with E-state index in [1.54, 1.807) is 0 Å². The summed E-state index contributed by atoms with van der Waals surface area (Å²) in [6.45, 7) is 3.63. The van der Waals surface area contributed by atoms with Crippen molar-refractivity contribution in [1.82, 2.24) is 9.97 Å². The predicted molar refractivity (Wildman–Crippen MR) is 123 cm³/mol. The molecule has 6 nitrogen and oxygen atoms in total. The van der Waals surface area contributed by atoms with Gasteiger partial charge in [0.15, 0.2) is 5.78 Å². The highest BCUT2D eigenvalue weighted by atomic mass is 16.5. The topological polar surface area (TPSA) is 90.1 Å². The molecule has 0 radical (unpaired) electrons. The third-order valence-corrected chi connectivity index (χ3v) is 5.62. The first-order chi connectivity index (χ1) is 15.1. The second-order valence-electron chi connectivity index (χ2n) is 7.73. The number of rotatable bonds is 7. The number of anilines is 2. The first kappa shape index (κ1) is 20.6. The number of hydrogen-bond donors (Lipinski definition) is 2. The van der Waals surface area contributed by atoms with Crippen LogP contribution < -0.4 is 15.8 Å². The number of carbonyl (C=O) groups is 1. The molecular formula is C25H26N4O2. The summed E-state index contributed by atoms with van der Waals surface area (Å²) in [7, 11) is 0. The van der Waals surface area contributed by atoms with E-state index in [9.17, 15) is 4.79 Å². The van der Waals surface area contributed by atoms with E-state index >= 15 is 0 Å². The summed E-state index contributed by atoms with van der Waals surface area (Å²) in [6.07, 6.45) is 6.53. The Morgan fingerprint density at radius 2 is 1.81 bits per heavy atom. The van der Waals surface area contributed by atoms with Gasteiger partial charge in [-0.1, -0.05) is 43.3 Å². The van der Waals surface area contributed by atoms with Crippen molar-refractivity contribution in [2.75, 3.05) is 11.1 Å². The standard InChI is InChI=1S/C25H26N4O2/c1-2-22(30)18-7-6-8-19(15-18)29-25-23(24(26)27-16-28-25)17-11-13-21(14-12-17)31-20-9-4-3-5-10-20/h2-5,9-14,16,18-19H,1,6-8,15H2,(H3,26,27,28,29)/t18-,19-/m0/s1. The Kier molecular flexibility index (Phi) is 6.26. The zero-order valence-electron chi connectivity index (χ0n) is 17.3. The minimum Gasteiger partial charge on any atom is -0.457 e. The van der Waals surface area contributed by atoms with Crippen molar-refractivity contribution >= 4 is 17.4 Å². The molecule has 0 spiro atoms. The van der Waals surface area contributed by atoms with Crippen molar-refractivity contribution in [3.05, 3.63) is 73.6 Å². The van der Waals surface area contributed by atoms with Crippen molar-refractivity contribution in [1.29, 1.82) is 0 Å². The van der Waals surface area contributed by atoms with Gasteiger partial charge in [-0.3, -0.25) is 4.79 Å². The van der Waals surface area contributed by atoms with Gasteiger partial charge in [-0.25, -0.2) is 9.97 Å². The summed E-state index contributed by atoms with van der Waals surface area (Å²) >= 11 is 0. The Morgan fingerprint density at radius 1 is 1.06 bits per heavy atom. The number of nitrogens with two attached hydrogens (primary N) is 1. The number of hydrogen-bond acceptors (Lipinski definition) is 6. The van der Waals surface area contributed by atoms with Crippen LogP contribution in [0.15, 0.2) is 73.6 Å². The van der Waals surface area contributed by atoms with Crippen LogP contribution in [0.25, 0.3) is 11.1 Å². The number of para-hydroxylation sites is 1. The first-order valence-electron chi connectivity index (χ1n) is 10.5. The minimum absolute atomic E-state index is 0.0146. The number of allylic oxidation sites excluding steroid dienone is 1. The summed E-state index contributed by atoms with van der Waals surface area (Å²) in [6, 6.07) is 17.5. The molecule has 1 aliphatic rings. The number of ketones is 1. The average molecular weight is 415 g/mol. The average Bonchev–Trinajstić information content (AvgIpc) is 2.80. The number of nitrogens with one attached hydrogen (secondary N) is 1. The highest BCUT2D eigenvalue weighted by Crippen LogP contribution is 2.35. The lowest BCUT2D eigenvalue weighted by Gasteiger charge is -2.29. The molecule has 1 fully saturated rings. The Bertz CT molecular complexity index is 1050. The molecule has 2 aromatic carbocycles. The number of benzene rings is 2. The Morgan fingerprint density at radius 3 is 2.55 bits per heavy atom. The smallest absolute Gasteiger partial charge is 0.158 e. The number of carbonyl (C=O) groups excluding carboxylic acids is 1. The molecule has 0 saturated heterocycles. The second kappa shape index (κ2) is 9.43. The maximum atomic E-state index is 12.1. The van der Waals surface area contributed by atoms with Crippen LogP contribution in [0.5, 0.6) is 11.5 Å². The summed E-state index contributed by atoms with van der Waals surface area (Å²) < 4.78 is 5.88. The van der Waals surface area contributed by atoms with Crippen molar-refractivity contribution in [2.45, 2.75) is 31.7 Å². The van der Waals surface area contributed by atoms with Gasteiger partial charge in [0.05, 0.1) is 5.56 Å². The quantitative estimate of drug-likeness (QED) is 0.514. The maximum Gasteiger partial charge on any atom is 0.158 e. The van der Waals surface area contributed by atoms with Gasteiger partial charge in [0.25, 0.3) is 0 Å². The Balaban J connectivity index is 1.54. The molecular weight excluding hydrogens is 388 g/mol. The van der Waals surface area contributed by atoms with E-state index in [-0.39, 0.29) is 17.7 Å². The number of nitrogens with zero attached hydrogens (tertiary/aromatic N) is 2. The first-order valence-corrected chi connectivity index (χ1v) is 10.5. The van der Waals surface area contributed by atoms with E-state index in [1.165, 1.54) is 12.4 Å². The van der Waals surface area contributed by atoms with Crippen LogP contribution in [0.4, 0.5) is 11.6 Å².